The minimum absolute atomic E-state index is 0.657. The molecule has 3 heteroatoms. The van der Waals surface area contributed by atoms with Crippen LogP contribution in [0.25, 0.3) is 25.0 Å². The molecule has 17 heavy (non-hydrogen) atoms. The molecule has 0 aliphatic rings. The van der Waals surface area contributed by atoms with E-state index in [9.17, 15) is 0 Å². The molecule has 0 atom stereocenters. The summed E-state index contributed by atoms with van der Waals surface area (Å²) in [5, 5.41) is 11.2. The molecule has 78 valence electrons. The summed E-state index contributed by atoms with van der Waals surface area (Å²) in [5.41, 5.74) is 1.33. The van der Waals surface area contributed by atoms with Gasteiger partial charge in [-0.15, -0.1) is 11.3 Å². The molecule has 0 N–H and O–H groups in total. The van der Waals surface area contributed by atoms with E-state index >= 15 is 0 Å². The number of hydrogen-bond acceptors (Lipinski definition) is 2. The average Bonchev–Trinajstić information content (AvgIpc) is 2.74. The molecule has 1 aromatic heterocycles. The predicted molar refractivity (Wildman–Crippen MR) is 70.3 cm³/mol. The smallest absolute Gasteiger partial charge is 0.188 e. The lowest BCUT2D eigenvalue weighted by molar-refractivity contribution is 1.50. The van der Waals surface area contributed by atoms with Gasteiger partial charge < -0.3 is 0 Å². The molecule has 0 radical (unpaired) electrons. The molecule has 2 aromatic carbocycles. The normalized spacial score (nSPS) is 10.2. The minimum atomic E-state index is 0.657. The van der Waals surface area contributed by atoms with Gasteiger partial charge in [-0.25, -0.2) is 4.85 Å². The van der Waals surface area contributed by atoms with Gasteiger partial charge in [0.1, 0.15) is 0 Å². The Balaban J connectivity index is 2.42. The maximum absolute atomic E-state index is 8.87. The van der Waals surface area contributed by atoms with E-state index in [1.54, 1.807) is 11.3 Å². The second-order valence-electron chi connectivity index (χ2n) is 3.72. The zero-order valence-electron chi connectivity index (χ0n) is 8.77. The van der Waals surface area contributed by atoms with E-state index in [2.05, 4.69) is 10.9 Å². The summed E-state index contributed by atoms with van der Waals surface area (Å²) >= 11 is 1.63. The van der Waals surface area contributed by atoms with Crippen molar-refractivity contribution < 1.29 is 0 Å². The monoisotopic (exact) mass is 234 g/mol. The summed E-state index contributed by atoms with van der Waals surface area (Å²) in [6.45, 7) is 7.00. The highest BCUT2D eigenvalue weighted by molar-refractivity contribution is 7.25. The Morgan fingerprint density at radius 1 is 1.06 bits per heavy atom. The summed E-state index contributed by atoms with van der Waals surface area (Å²) in [4.78, 5) is 3.43. The number of thiophene rings is 1. The van der Waals surface area contributed by atoms with Gasteiger partial charge >= 0.3 is 0 Å². The Kier molecular flexibility index (Phi) is 2.08. The van der Waals surface area contributed by atoms with Crippen LogP contribution in [-0.4, -0.2) is 0 Å². The van der Waals surface area contributed by atoms with Crippen molar-refractivity contribution in [2.45, 2.75) is 0 Å². The quantitative estimate of drug-likeness (QED) is 0.527. The van der Waals surface area contributed by atoms with Crippen LogP contribution < -0.4 is 0 Å². The van der Waals surface area contributed by atoms with Crippen molar-refractivity contribution in [1.29, 1.82) is 5.26 Å². The van der Waals surface area contributed by atoms with Crippen LogP contribution in [0.15, 0.2) is 36.4 Å². The summed E-state index contributed by atoms with van der Waals surface area (Å²) in [6.07, 6.45) is 0. The van der Waals surface area contributed by atoms with Gasteiger partial charge in [0, 0.05) is 14.8 Å². The molecule has 0 spiro atoms. The van der Waals surface area contributed by atoms with Crippen LogP contribution in [0.5, 0.6) is 0 Å². The van der Waals surface area contributed by atoms with Crippen LogP contribution in [0.3, 0.4) is 0 Å². The molecule has 0 aliphatic carbocycles. The van der Waals surface area contributed by atoms with Gasteiger partial charge in [-0.1, -0.05) is 18.2 Å². The molecular weight excluding hydrogens is 228 g/mol. The first-order valence-corrected chi connectivity index (χ1v) is 5.87. The van der Waals surface area contributed by atoms with Crippen molar-refractivity contribution in [3.8, 4) is 6.07 Å². The van der Waals surface area contributed by atoms with E-state index in [4.69, 9.17) is 11.8 Å². The lowest BCUT2D eigenvalue weighted by atomic mass is 10.1. The van der Waals surface area contributed by atoms with Crippen molar-refractivity contribution in [2.75, 3.05) is 0 Å². The first-order chi connectivity index (χ1) is 8.31. The van der Waals surface area contributed by atoms with Gasteiger partial charge in [0.2, 0.25) is 0 Å². The first-order valence-electron chi connectivity index (χ1n) is 5.06. The predicted octanol–water partition coefficient (Wildman–Crippen LogP) is 4.48. The molecule has 0 fully saturated rings. The highest BCUT2D eigenvalue weighted by atomic mass is 32.1. The maximum atomic E-state index is 8.87. The van der Waals surface area contributed by atoms with Crippen LogP contribution >= 0.6 is 11.3 Å². The van der Waals surface area contributed by atoms with E-state index in [-0.39, 0.29) is 0 Å². The third-order valence-corrected chi connectivity index (χ3v) is 3.83. The Bertz CT molecular complexity index is 747. The van der Waals surface area contributed by atoms with E-state index in [0.29, 0.717) is 11.3 Å². The SMILES string of the molecule is [C-]#[N+]c1ccc2c(c1)sc1cc(C#N)ccc12. The van der Waals surface area contributed by atoms with Crippen molar-refractivity contribution in [3.05, 3.63) is 53.4 Å². The molecule has 2 nitrogen and oxygen atoms in total. The van der Waals surface area contributed by atoms with Crippen LogP contribution in [0.4, 0.5) is 5.69 Å². The molecule has 3 rings (SSSR count). The highest BCUT2D eigenvalue weighted by Gasteiger charge is 2.06. The highest BCUT2D eigenvalue weighted by Crippen LogP contribution is 2.36. The Morgan fingerprint density at radius 2 is 1.76 bits per heavy atom. The van der Waals surface area contributed by atoms with Gasteiger partial charge in [0.25, 0.3) is 0 Å². The summed E-state index contributed by atoms with van der Waals surface area (Å²) in [5.74, 6) is 0. The van der Waals surface area contributed by atoms with Crippen molar-refractivity contribution in [2.24, 2.45) is 0 Å². The van der Waals surface area contributed by atoms with Crippen LogP contribution in [0, 0.1) is 17.9 Å². The van der Waals surface area contributed by atoms with Gasteiger partial charge in [-0.2, -0.15) is 5.26 Å². The number of rotatable bonds is 0. The first kappa shape index (κ1) is 9.84. The van der Waals surface area contributed by atoms with E-state index in [1.807, 2.05) is 36.4 Å². The van der Waals surface area contributed by atoms with Gasteiger partial charge in [-0.05, 0) is 23.6 Å². The molecule has 0 unspecified atom stereocenters. The Morgan fingerprint density at radius 3 is 2.47 bits per heavy atom. The van der Waals surface area contributed by atoms with Gasteiger partial charge in [0.15, 0.2) is 5.69 Å². The Hall–Kier alpha value is -2.36. The van der Waals surface area contributed by atoms with Crippen LogP contribution in [0.1, 0.15) is 5.56 Å². The zero-order valence-corrected chi connectivity index (χ0v) is 9.58. The number of benzene rings is 2. The fourth-order valence-corrected chi connectivity index (χ4v) is 3.08. The van der Waals surface area contributed by atoms with E-state index in [1.165, 1.54) is 0 Å². The topological polar surface area (TPSA) is 28.1 Å². The standard InChI is InChI=1S/C14H6N2S/c1-16-10-3-5-12-11-4-2-9(8-15)6-13(11)17-14(12)7-10/h2-7H. The third-order valence-electron chi connectivity index (χ3n) is 2.72. The number of nitriles is 1. The molecule has 3 aromatic rings. The number of nitrogens with zero attached hydrogens (tertiary/aromatic N) is 2. The Labute approximate surface area is 102 Å². The maximum Gasteiger partial charge on any atom is 0.188 e. The lowest BCUT2D eigenvalue weighted by Gasteiger charge is -1.92. The van der Waals surface area contributed by atoms with Crippen LogP contribution in [-0.2, 0) is 0 Å². The molecule has 0 saturated heterocycles. The molecular formula is C14H6N2S. The third kappa shape index (κ3) is 1.45. The lowest BCUT2D eigenvalue weighted by Crippen LogP contribution is -1.71. The zero-order chi connectivity index (χ0) is 11.8. The van der Waals surface area contributed by atoms with Gasteiger partial charge in [-0.3, -0.25) is 0 Å². The fraction of sp³-hybridized carbons (Fsp3) is 0. The molecule has 0 bridgehead atoms. The minimum Gasteiger partial charge on any atom is -0.238 e. The summed E-state index contributed by atoms with van der Waals surface area (Å²) < 4.78 is 2.20. The number of fused-ring (bicyclic) bond motifs is 3. The molecule has 0 saturated carbocycles. The molecule has 1 heterocycles. The largest absolute Gasteiger partial charge is 0.238 e. The second kappa shape index (κ2) is 3.59. The van der Waals surface area contributed by atoms with Gasteiger partial charge in [0.05, 0.1) is 18.2 Å². The van der Waals surface area contributed by atoms with Crippen molar-refractivity contribution in [1.82, 2.24) is 0 Å². The average molecular weight is 234 g/mol. The van der Waals surface area contributed by atoms with E-state index < -0.39 is 0 Å². The fourth-order valence-electron chi connectivity index (χ4n) is 1.90. The summed E-state index contributed by atoms with van der Waals surface area (Å²) in [6, 6.07) is 13.6. The van der Waals surface area contributed by atoms with Crippen LogP contribution in [0.2, 0.25) is 0 Å². The second-order valence-corrected chi connectivity index (χ2v) is 4.80. The summed E-state index contributed by atoms with van der Waals surface area (Å²) in [7, 11) is 0. The van der Waals surface area contributed by atoms with E-state index in [0.717, 1.165) is 20.2 Å². The molecule has 0 aliphatic heterocycles. The van der Waals surface area contributed by atoms with Crippen molar-refractivity contribution >= 4 is 37.2 Å². The van der Waals surface area contributed by atoms with Crippen molar-refractivity contribution in [3.63, 3.8) is 0 Å². The number of hydrogen-bond donors (Lipinski definition) is 0. The molecule has 0 amide bonds.